The van der Waals surface area contributed by atoms with E-state index < -0.39 is 0 Å². The first-order valence-electron chi connectivity index (χ1n) is 19.2. The summed E-state index contributed by atoms with van der Waals surface area (Å²) in [6.07, 6.45) is 0. The lowest BCUT2D eigenvalue weighted by molar-refractivity contribution is 0.670. The molecule has 1 nitrogen and oxygen atoms in total. The lowest BCUT2D eigenvalue weighted by atomic mass is 9.84. The van der Waals surface area contributed by atoms with Crippen LogP contribution >= 0.6 is 11.3 Å². The molecule has 2 heteroatoms. The molecular weight excluding hydrogens is 697 g/mol. The predicted octanol–water partition coefficient (Wildman–Crippen LogP) is 16.1. The third-order valence-corrected chi connectivity index (χ3v) is 12.8. The van der Waals surface area contributed by atoms with Crippen LogP contribution in [-0.2, 0) is 0 Å². The molecule has 0 spiro atoms. The largest absolute Gasteiger partial charge is 0.455 e. The third kappa shape index (κ3) is 4.67. The number of furan rings is 1. The zero-order valence-electron chi connectivity index (χ0n) is 30.3. The van der Waals surface area contributed by atoms with E-state index in [1.807, 2.05) is 11.3 Å². The molecule has 0 saturated heterocycles. The van der Waals surface area contributed by atoms with Crippen molar-refractivity contribution in [1.82, 2.24) is 0 Å². The van der Waals surface area contributed by atoms with Crippen LogP contribution in [0.15, 0.2) is 199 Å². The van der Waals surface area contributed by atoms with Crippen LogP contribution in [0.1, 0.15) is 0 Å². The molecule has 0 saturated carbocycles. The van der Waals surface area contributed by atoms with Crippen molar-refractivity contribution in [3.05, 3.63) is 194 Å². The van der Waals surface area contributed by atoms with Crippen LogP contribution in [0.25, 0.3) is 119 Å². The van der Waals surface area contributed by atoms with Crippen LogP contribution in [0, 0.1) is 0 Å². The van der Waals surface area contributed by atoms with Gasteiger partial charge in [0.25, 0.3) is 0 Å². The topological polar surface area (TPSA) is 13.1 Å². The van der Waals surface area contributed by atoms with Crippen molar-refractivity contribution in [2.24, 2.45) is 0 Å². The molecule has 0 unspecified atom stereocenters. The summed E-state index contributed by atoms with van der Waals surface area (Å²) >= 11 is 1.89. The fourth-order valence-corrected chi connectivity index (χ4v) is 10.4. The Morgan fingerprint density at radius 3 is 1.52 bits per heavy atom. The third-order valence-electron chi connectivity index (χ3n) is 11.6. The van der Waals surface area contributed by atoms with Gasteiger partial charge in [0.1, 0.15) is 11.2 Å². The molecule has 0 radical (unpaired) electrons. The van der Waals surface area contributed by atoms with E-state index in [2.05, 4.69) is 194 Å². The molecule has 260 valence electrons. The van der Waals surface area contributed by atoms with Crippen molar-refractivity contribution in [2.45, 2.75) is 0 Å². The lowest BCUT2D eigenvalue weighted by Crippen LogP contribution is -1.91. The second-order valence-corrected chi connectivity index (χ2v) is 15.8. The van der Waals surface area contributed by atoms with Crippen LogP contribution in [0.5, 0.6) is 0 Å². The van der Waals surface area contributed by atoms with Crippen LogP contribution in [0.3, 0.4) is 0 Å². The molecule has 0 bridgehead atoms. The Labute approximate surface area is 327 Å². The summed E-state index contributed by atoms with van der Waals surface area (Å²) in [6, 6.07) is 70.8. The van der Waals surface area contributed by atoms with Crippen LogP contribution in [0.4, 0.5) is 0 Å². The Bertz CT molecular complexity index is 3470. The Morgan fingerprint density at radius 2 is 0.857 bits per heavy atom. The van der Waals surface area contributed by atoms with Gasteiger partial charge in [-0.25, -0.2) is 0 Å². The van der Waals surface area contributed by atoms with Gasteiger partial charge in [-0.15, -0.1) is 11.3 Å². The van der Waals surface area contributed by atoms with Crippen LogP contribution in [-0.4, -0.2) is 0 Å². The Balaban J connectivity index is 1.23. The predicted molar refractivity (Wildman–Crippen MR) is 241 cm³/mol. The molecule has 0 fully saturated rings. The van der Waals surface area contributed by atoms with Gasteiger partial charge in [-0.05, 0) is 89.6 Å². The molecule has 0 amide bonds. The number of hydrogen-bond donors (Lipinski definition) is 0. The summed E-state index contributed by atoms with van der Waals surface area (Å²) in [7, 11) is 0. The van der Waals surface area contributed by atoms with Crippen molar-refractivity contribution in [2.75, 3.05) is 0 Å². The van der Waals surface area contributed by atoms with Crippen molar-refractivity contribution < 1.29 is 4.42 Å². The first-order valence-corrected chi connectivity index (χ1v) is 20.0. The second-order valence-electron chi connectivity index (χ2n) is 14.7. The number of benzene rings is 10. The minimum absolute atomic E-state index is 0.898. The lowest BCUT2D eigenvalue weighted by Gasteiger charge is -2.18. The van der Waals surface area contributed by atoms with Gasteiger partial charge in [-0.1, -0.05) is 170 Å². The maximum absolute atomic E-state index is 7.08. The van der Waals surface area contributed by atoms with Crippen LogP contribution in [0.2, 0.25) is 0 Å². The minimum atomic E-state index is 0.898. The van der Waals surface area contributed by atoms with E-state index in [-0.39, 0.29) is 0 Å². The van der Waals surface area contributed by atoms with E-state index in [9.17, 15) is 0 Å². The van der Waals surface area contributed by atoms with Gasteiger partial charge in [-0.2, -0.15) is 0 Å². The maximum atomic E-state index is 7.08. The molecule has 10 aromatic carbocycles. The van der Waals surface area contributed by atoms with Crippen LogP contribution < -0.4 is 0 Å². The highest BCUT2D eigenvalue weighted by molar-refractivity contribution is 7.23. The highest BCUT2D eigenvalue weighted by Crippen LogP contribution is 2.54. The zero-order chi connectivity index (χ0) is 36.7. The summed E-state index contributed by atoms with van der Waals surface area (Å²) in [6.45, 7) is 0. The van der Waals surface area contributed by atoms with E-state index >= 15 is 0 Å². The number of hydrogen-bond acceptors (Lipinski definition) is 2. The molecule has 12 rings (SSSR count). The van der Waals surface area contributed by atoms with Gasteiger partial charge >= 0.3 is 0 Å². The summed E-state index contributed by atoms with van der Waals surface area (Å²) in [5, 5.41) is 13.4. The maximum Gasteiger partial charge on any atom is 0.144 e. The molecule has 0 aliphatic carbocycles. The molecule has 2 aromatic heterocycles. The molecule has 0 atom stereocenters. The number of para-hydroxylation sites is 1. The molecular formula is C54H32OS. The normalized spacial score (nSPS) is 11.9. The zero-order valence-corrected chi connectivity index (χ0v) is 31.1. The van der Waals surface area contributed by atoms with Crippen molar-refractivity contribution in [3.63, 3.8) is 0 Å². The number of rotatable bonds is 4. The summed E-state index contributed by atoms with van der Waals surface area (Å²) in [5.74, 6) is 0. The average molecular weight is 729 g/mol. The number of fused-ring (bicyclic) bond motifs is 9. The van der Waals surface area contributed by atoms with Crippen molar-refractivity contribution in [3.8, 4) is 43.8 Å². The quantitative estimate of drug-likeness (QED) is 0.165. The fraction of sp³-hybridized carbons (Fsp3) is 0. The highest BCUT2D eigenvalue weighted by atomic mass is 32.1. The van der Waals surface area contributed by atoms with E-state index in [1.165, 1.54) is 96.8 Å². The van der Waals surface area contributed by atoms with Crippen molar-refractivity contribution in [1.29, 1.82) is 0 Å². The highest BCUT2D eigenvalue weighted by Gasteiger charge is 2.26. The Hall–Kier alpha value is -7.00. The van der Waals surface area contributed by atoms with Gasteiger partial charge in [0.2, 0.25) is 0 Å². The average Bonchev–Trinajstić information content (AvgIpc) is 3.84. The first kappa shape index (κ1) is 31.4. The molecule has 12 aromatic rings. The first-order chi connectivity index (χ1) is 27.8. The van der Waals surface area contributed by atoms with Gasteiger partial charge in [0, 0.05) is 42.4 Å². The molecule has 56 heavy (non-hydrogen) atoms. The van der Waals surface area contributed by atoms with E-state index in [4.69, 9.17) is 4.42 Å². The van der Waals surface area contributed by atoms with E-state index in [1.54, 1.807) is 0 Å². The standard InChI is InChI=1S/C54H32OS/c1-2-16-35(17-3-1)49-52-47(56-54(49)39-29-27-34-15-5-7-19-37(34)31-39)32-45(53-51(52)44-24-12-13-25-46(44)55-53)50-42-22-10-8-20-40(42)48(41-21-9-11-23-43(41)50)38-28-26-33-14-4-6-18-36(33)30-38/h1-32H. The molecule has 2 heterocycles. The summed E-state index contributed by atoms with van der Waals surface area (Å²) < 4.78 is 8.32. The smallest absolute Gasteiger partial charge is 0.144 e. The minimum Gasteiger partial charge on any atom is -0.455 e. The second kappa shape index (κ2) is 12.3. The summed E-state index contributed by atoms with van der Waals surface area (Å²) in [5.41, 5.74) is 10.3. The van der Waals surface area contributed by atoms with Gasteiger partial charge in [0.15, 0.2) is 0 Å². The number of thiophene rings is 1. The Morgan fingerprint density at radius 1 is 0.339 bits per heavy atom. The summed E-state index contributed by atoms with van der Waals surface area (Å²) in [4.78, 5) is 1.27. The fourth-order valence-electron chi connectivity index (χ4n) is 9.15. The van der Waals surface area contributed by atoms with E-state index in [0.29, 0.717) is 0 Å². The molecule has 0 N–H and O–H groups in total. The molecule has 0 aliphatic heterocycles. The van der Waals surface area contributed by atoms with Gasteiger partial charge < -0.3 is 4.42 Å². The monoisotopic (exact) mass is 728 g/mol. The van der Waals surface area contributed by atoms with E-state index in [0.717, 1.165) is 22.1 Å². The SMILES string of the molecule is c1ccc(-c2c(-c3ccc4ccccc4c3)sc3cc(-c4c5ccccc5c(-c5ccc6ccccc6c5)c5ccccc45)c4oc5ccccc5c4c23)cc1. The van der Waals surface area contributed by atoms with Crippen molar-refractivity contribution >= 4 is 86.5 Å². The Kier molecular flexibility index (Phi) is 6.87. The van der Waals surface area contributed by atoms with Gasteiger partial charge in [0.05, 0.1) is 0 Å². The molecule has 0 aliphatic rings. The van der Waals surface area contributed by atoms with Gasteiger partial charge in [-0.3, -0.25) is 0 Å².